The first kappa shape index (κ1) is 14.6. The summed E-state index contributed by atoms with van der Waals surface area (Å²) in [6, 6.07) is 11.2. The maximum atomic E-state index is 11.9. The van der Waals surface area contributed by atoms with Gasteiger partial charge in [0, 0.05) is 17.8 Å². The first-order valence-corrected chi connectivity index (χ1v) is 7.96. The Morgan fingerprint density at radius 2 is 2.14 bits per heavy atom. The fourth-order valence-corrected chi connectivity index (χ4v) is 2.96. The highest BCUT2D eigenvalue weighted by atomic mass is 32.1. The lowest BCUT2D eigenvalue weighted by Gasteiger charge is -2.25. The molecule has 1 aromatic heterocycles. The topological polar surface area (TPSA) is 67.4 Å². The van der Waals surface area contributed by atoms with Crippen molar-refractivity contribution in [2.75, 3.05) is 11.9 Å². The first-order chi connectivity index (χ1) is 10.7. The lowest BCUT2D eigenvalue weighted by molar-refractivity contribution is -0.124. The van der Waals surface area contributed by atoms with Crippen LogP contribution in [-0.2, 0) is 16.0 Å². The van der Waals surface area contributed by atoms with Gasteiger partial charge in [0.15, 0.2) is 6.10 Å². The smallest absolute Gasteiger partial charge is 0.265 e. The van der Waals surface area contributed by atoms with Crippen LogP contribution >= 0.6 is 11.3 Å². The van der Waals surface area contributed by atoms with E-state index >= 15 is 0 Å². The Labute approximate surface area is 132 Å². The van der Waals surface area contributed by atoms with Gasteiger partial charge in [-0.1, -0.05) is 18.2 Å². The summed E-state index contributed by atoms with van der Waals surface area (Å²) in [5, 5.41) is 7.57. The largest absolute Gasteiger partial charge is 0.478 e. The second kappa shape index (κ2) is 6.62. The number of para-hydroxylation sites is 2. The molecule has 5 nitrogen and oxygen atoms in total. The van der Waals surface area contributed by atoms with Crippen LogP contribution in [0.25, 0.3) is 0 Å². The molecule has 0 saturated heterocycles. The molecule has 0 aliphatic carbocycles. The molecule has 2 heterocycles. The zero-order chi connectivity index (χ0) is 15.4. The number of carbonyl (C=O) groups is 2. The van der Waals surface area contributed by atoms with Crippen molar-refractivity contribution in [3.8, 4) is 5.75 Å². The normalized spacial score (nSPS) is 16.4. The van der Waals surface area contributed by atoms with Crippen LogP contribution in [0.15, 0.2) is 41.8 Å². The highest BCUT2D eigenvalue weighted by Gasteiger charge is 2.26. The minimum absolute atomic E-state index is 0.0425. The Kier molecular flexibility index (Phi) is 4.39. The Morgan fingerprint density at radius 1 is 1.27 bits per heavy atom. The highest BCUT2D eigenvalue weighted by Crippen LogP contribution is 2.29. The molecule has 0 fully saturated rings. The van der Waals surface area contributed by atoms with E-state index in [1.165, 1.54) is 0 Å². The summed E-state index contributed by atoms with van der Waals surface area (Å²) >= 11 is 1.56. The van der Waals surface area contributed by atoms with Crippen molar-refractivity contribution in [1.82, 2.24) is 5.32 Å². The van der Waals surface area contributed by atoms with E-state index in [2.05, 4.69) is 10.6 Å². The molecule has 1 atom stereocenters. The molecule has 1 aromatic carbocycles. The van der Waals surface area contributed by atoms with Crippen LogP contribution in [-0.4, -0.2) is 24.5 Å². The maximum absolute atomic E-state index is 11.9. The van der Waals surface area contributed by atoms with Gasteiger partial charge in [-0.15, -0.1) is 11.3 Å². The molecule has 2 N–H and O–H groups in total. The van der Waals surface area contributed by atoms with Crippen LogP contribution in [0, 0.1) is 0 Å². The molecule has 22 heavy (non-hydrogen) atoms. The predicted molar refractivity (Wildman–Crippen MR) is 85.1 cm³/mol. The number of hydrogen-bond donors (Lipinski definition) is 2. The van der Waals surface area contributed by atoms with Crippen molar-refractivity contribution in [3.63, 3.8) is 0 Å². The van der Waals surface area contributed by atoms with Crippen LogP contribution in [0.2, 0.25) is 0 Å². The fraction of sp³-hybridized carbons (Fsp3) is 0.250. The van der Waals surface area contributed by atoms with Gasteiger partial charge in [0.2, 0.25) is 5.91 Å². The van der Waals surface area contributed by atoms with E-state index in [9.17, 15) is 9.59 Å². The van der Waals surface area contributed by atoms with E-state index in [1.807, 2.05) is 35.7 Å². The maximum Gasteiger partial charge on any atom is 0.265 e. The quantitative estimate of drug-likeness (QED) is 0.888. The third-order valence-electron chi connectivity index (χ3n) is 3.35. The second-order valence-corrected chi connectivity index (χ2v) is 6.02. The number of anilines is 1. The van der Waals surface area contributed by atoms with Crippen molar-refractivity contribution in [1.29, 1.82) is 0 Å². The third kappa shape index (κ3) is 3.46. The van der Waals surface area contributed by atoms with E-state index in [1.54, 1.807) is 17.4 Å². The lowest BCUT2D eigenvalue weighted by atomic mass is 10.1. The van der Waals surface area contributed by atoms with Gasteiger partial charge in [-0.2, -0.15) is 0 Å². The van der Waals surface area contributed by atoms with Crippen LogP contribution < -0.4 is 15.4 Å². The summed E-state index contributed by atoms with van der Waals surface area (Å²) < 4.78 is 5.67. The van der Waals surface area contributed by atoms with Crippen molar-refractivity contribution in [2.45, 2.75) is 18.9 Å². The van der Waals surface area contributed by atoms with E-state index in [0.29, 0.717) is 30.8 Å². The van der Waals surface area contributed by atoms with E-state index in [0.717, 1.165) is 4.88 Å². The van der Waals surface area contributed by atoms with E-state index in [-0.39, 0.29) is 11.8 Å². The predicted octanol–water partition coefficient (Wildman–Crippen LogP) is 2.20. The molecule has 114 valence electrons. The van der Waals surface area contributed by atoms with Crippen molar-refractivity contribution < 1.29 is 14.3 Å². The molecule has 0 spiro atoms. The Morgan fingerprint density at radius 3 is 2.95 bits per heavy atom. The molecule has 6 heteroatoms. The summed E-state index contributed by atoms with van der Waals surface area (Å²) in [4.78, 5) is 24.8. The molecule has 0 radical (unpaired) electrons. The van der Waals surface area contributed by atoms with Gasteiger partial charge in [0.05, 0.1) is 12.1 Å². The number of benzene rings is 1. The molecule has 1 aliphatic rings. The molecular formula is C16H16N2O3S. The van der Waals surface area contributed by atoms with Gasteiger partial charge in [-0.05, 0) is 23.6 Å². The number of nitrogens with one attached hydrogen (secondary N) is 2. The number of ether oxygens (including phenoxy) is 1. The van der Waals surface area contributed by atoms with Crippen molar-refractivity contribution in [2.24, 2.45) is 0 Å². The molecule has 3 rings (SSSR count). The van der Waals surface area contributed by atoms with E-state index in [4.69, 9.17) is 4.74 Å². The SMILES string of the molecule is O=C(Cc1cccs1)NCCC1Oc2ccccc2NC1=O. The first-order valence-electron chi connectivity index (χ1n) is 7.08. The molecule has 1 unspecified atom stereocenters. The Hall–Kier alpha value is -2.34. The number of rotatable bonds is 5. The zero-order valence-electron chi connectivity index (χ0n) is 11.9. The lowest BCUT2D eigenvalue weighted by Crippen LogP contribution is -2.39. The molecule has 2 amide bonds. The van der Waals surface area contributed by atoms with Crippen LogP contribution in [0.3, 0.4) is 0 Å². The Bertz CT molecular complexity index is 670. The number of hydrogen-bond acceptors (Lipinski definition) is 4. The molecule has 0 saturated carbocycles. The number of fused-ring (bicyclic) bond motifs is 1. The molecule has 0 bridgehead atoms. The van der Waals surface area contributed by atoms with Gasteiger partial charge < -0.3 is 15.4 Å². The van der Waals surface area contributed by atoms with Gasteiger partial charge in [0.25, 0.3) is 5.91 Å². The number of carbonyl (C=O) groups excluding carboxylic acids is 2. The molecule has 2 aromatic rings. The molecular weight excluding hydrogens is 300 g/mol. The van der Waals surface area contributed by atoms with Crippen molar-refractivity contribution >= 4 is 28.8 Å². The average Bonchev–Trinajstić information content (AvgIpc) is 3.00. The van der Waals surface area contributed by atoms with Gasteiger partial charge in [-0.3, -0.25) is 9.59 Å². The van der Waals surface area contributed by atoms with Gasteiger partial charge in [-0.25, -0.2) is 0 Å². The van der Waals surface area contributed by atoms with Crippen LogP contribution in [0.1, 0.15) is 11.3 Å². The van der Waals surface area contributed by atoms with Crippen LogP contribution in [0.5, 0.6) is 5.75 Å². The second-order valence-electron chi connectivity index (χ2n) is 4.99. The van der Waals surface area contributed by atoms with Crippen molar-refractivity contribution in [3.05, 3.63) is 46.7 Å². The minimum Gasteiger partial charge on any atom is -0.478 e. The summed E-state index contributed by atoms with van der Waals surface area (Å²) in [7, 11) is 0. The third-order valence-corrected chi connectivity index (χ3v) is 4.23. The summed E-state index contributed by atoms with van der Waals surface area (Å²) in [6.07, 6.45) is 0.242. The van der Waals surface area contributed by atoms with E-state index < -0.39 is 6.10 Å². The Balaban J connectivity index is 1.48. The fourth-order valence-electron chi connectivity index (χ4n) is 2.26. The zero-order valence-corrected chi connectivity index (χ0v) is 12.7. The standard InChI is InChI=1S/C16H16N2O3S/c19-15(10-11-4-3-9-22-11)17-8-7-14-16(20)18-12-5-1-2-6-13(12)21-14/h1-6,9,14H,7-8,10H2,(H,17,19)(H,18,20). The van der Waals surface area contributed by atoms with Gasteiger partial charge in [0.1, 0.15) is 5.75 Å². The average molecular weight is 316 g/mol. The number of thiophene rings is 1. The van der Waals surface area contributed by atoms with Crippen LogP contribution in [0.4, 0.5) is 5.69 Å². The minimum atomic E-state index is -0.572. The monoisotopic (exact) mass is 316 g/mol. The van der Waals surface area contributed by atoms with Gasteiger partial charge >= 0.3 is 0 Å². The molecule has 1 aliphatic heterocycles. The highest BCUT2D eigenvalue weighted by molar-refractivity contribution is 7.10. The summed E-state index contributed by atoms with van der Waals surface area (Å²) in [6.45, 7) is 0.407. The summed E-state index contributed by atoms with van der Waals surface area (Å²) in [5.74, 6) is 0.447. The number of amides is 2. The summed E-state index contributed by atoms with van der Waals surface area (Å²) in [5.41, 5.74) is 0.686.